The second-order valence-electron chi connectivity index (χ2n) is 2.62. The third-order valence-corrected chi connectivity index (χ3v) is 3.86. The highest BCUT2D eigenvalue weighted by atomic mass is 35.5. The van der Waals surface area contributed by atoms with Crippen molar-refractivity contribution in [1.82, 2.24) is 0 Å². The molecule has 0 saturated carbocycles. The van der Waals surface area contributed by atoms with Gasteiger partial charge in [-0.3, -0.25) is 0 Å². The van der Waals surface area contributed by atoms with Gasteiger partial charge < -0.3 is 5.73 Å². The summed E-state index contributed by atoms with van der Waals surface area (Å²) in [5.41, 5.74) is 8.04. The first-order valence-electron chi connectivity index (χ1n) is 3.82. The highest BCUT2D eigenvalue weighted by Gasteiger charge is 2.06. The zero-order valence-electron chi connectivity index (χ0n) is 6.79. The summed E-state index contributed by atoms with van der Waals surface area (Å²) in [6.45, 7) is 0.592. The highest BCUT2D eigenvalue weighted by molar-refractivity contribution is 7.19. The molecule has 0 radical (unpaired) electrons. The van der Waals surface area contributed by atoms with Crippen molar-refractivity contribution in [3.05, 3.63) is 32.8 Å². The molecule has 13 heavy (non-hydrogen) atoms. The van der Waals surface area contributed by atoms with Crippen LogP contribution in [-0.4, -0.2) is 0 Å². The lowest BCUT2D eigenvalue weighted by atomic mass is 10.2. The maximum Gasteiger partial charge on any atom is 0.0934 e. The van der Waals surface area contributed by atoms with Gasteiger partial charge in [0.25, 0.3) is 0 Å². The van der Waals surface area contributed by atoms with Crippen LogP contribution >= 0.6 is 34.3 Å². The molecule has 2 N–H and O–H groups in total. The lowest BCUT2D eigenvalue weighted by Gasteiger charge is -1.96. The Kier molecular flexibility index (Phi) is 2.69. The molecule has 2 aromatic rings. The van der Waals surface area contributed by atoms with Crippen molar-refractivity contribution >= 4 is 34.3 Å². The summed E-state index contributed by atoms with van der Waals surface area (Å²) >= 11 is 9.13. The normalized spacial score (nSPS) is 10.6. The molecule has 68 valence electrons. The monoisotopic (exact) mass is 229 g/mol. The van der Waals surface area contributed by atoms with E-state index in [1.165, 1.54) is 16.0 Å². The molecule has 0 amide bonds. The Morgan fingerprint density at radius 1 is 1.31 bits per heavy atom. The largest absolute Gasteiger partial charge is 0.326 e. The van der Waals surface area contributed by atoms with Gasteiger partial charge in [-0.15, -0.1) is 11.3 Å². The molecule has 0 fully saturated rings. The molecule has 0 saturated heterocycles. The minimum absolute atomic E-state index is 0.592. The van der Waals surface area contributed by atoms with Gasteiger partial charge >= 0.3 is 0 Å². The lowest BCUT2D eigenvalue weighted by Crippen LogP contribution is -1.94. The number of halogens is 1. The fourth-order valence-electron chi connectivity index (χ4n) is 1.16. The quantitative estimate of drug-likeness (QED) is 0.837. The topological polar surface area (TPSA) is 26.0 Å². The van der Waals surface area contributed by atoms with Crippen LogP contribution in [0.15, 0.2) is 22.9 Å². The Hall–Kier alpha value is -0.350. The van der Waals surface area contributed by atoms with Crippen LogP contribution in [0.2, 0.25) is 4.34 Å². The van der Waals surface area contributed by atoms with Crippen molar-refractivity contribution in [1.29, 1.82) is 0 Å². The average Bonchev–Trinajstić information content (AvgIpc) is 2.71. The van der Waals surface area contributed by atoms with E-state index in [1.54, 1.807) is 22.7 Å². The fraction of sp³-hybridized carbons (Fsp3) is 0.111. The zero-order chi connectivity index (χ0) is 9.26. The van der Waals surface area contributed by atoms with Gasteiger partial charge in [0.2, 0.25) is 0 Å². The van der Waals surface area contributed by atoms with E-state index in [0.717, 1.165) is 4.34 Å². The van der Waals surface area contributed by atoms with Gasteiger partial charge in [-0.1, -0.05) is 11.6 Å². The van der Waals surface area contributed by atoms with E-state index in [2.05, 4.69) is 10.8 Å². The third-order valence-electron chi connectivity index (χ3n) is 1.80. The summed E-state index contributed by atoms with van der Waals surface area (Å²) < 4.78 is 0.823. The van der Waals surface area contributed by atoms with Gasteiger partial charge in [0.15, 0.2) is 0 Å². The molecule has 2 rings (SSSR count). The minimum Gasteiger partial charge on any atom is -0.326 e. The van der Waals surface area contributed by atoms with Crippen LogP contribution in [0.5, 0.6) is 0 Å². The summed E-state index contributed by atoms with van der Waals surface area (Å²) in [6.07, 6.45) is 0. The van der Waals surface area contributed by atoms with Crippen molar-refractivity contribution in [3.8, 4) is 10.4 Å². The molecule has 0 atom stereocenters. The van der Waals surface area contributed by atoms with E-state index in [-0.39, 0.29) is 0 Å². The van der Waals surface area contributed by atoms with E-state index >= 15 is 0 Å². The molecule has 0 aliphatic rings. The number of thiophene rings is 2. The summed E-state index contributed by atoms with van der Waals surface area (Å²) in [4.78, 5) is 1.20. The average molecular weight is 230 g/mol. The van der Waals surface area contributed by atoms with Crippen LogP contribution in [0.3, 0.4) is 0 Å². The molecule has 2 heterocycles. The van der Waals surface area contributed by atoms with Gasteiger partial charge in [0.05, 0.1) is 4.34 Å². The van der Waals surface area contributed by atoms with Crippen LogP contribution in [0.25, 0.3) is 10.4 Å². The fourth-order valence-corrected chi connectivity index (χ4v) is 3.20. The van der Waals surface area contributed by atoms with Crippen molar-refractivity contribution in [2.24, 2.45) is 5.73 Å². The van der Waals surface area contributed by atoms with E-state index in [1.807, 2.05) is 12.1 Å². The first-order chi connectivity index (χ1) is 6.31. The summed E-state index contributed by atoms with van der Waals surface area (Å²) in [7, 11) is 0. The van der Waals surface area contributed by atoms with Gasteiger partial charge in [0, 0.05) is 17.0 Å². The van der Waals surface area contributed by atoms with Gasteiger partial charge in [-0.25, -0.2) is 0 Å². The smallest absolute Gasteiger partial charge is 0.0934 e. The van der Waals surface area contributed by atoms with E-state index in [0.29, 0.717) is 6.54 Å². The first-order valence-corrected chi connectivity index (χ1v) is 5.96. The summed E-state index contributed by atoms with van der Waals surface area (Å²) in [5.74, 6) is 0. The van der Waals surface area contributed by atoms with Crippen LogP contribution in [-0.2, 0) is 6.54 Å². The Bertz CT molecular complexity index is 405. The number of nitrogens with two attached hydrogens (primary N) is 1. The van der Waals surface area contributed by atoms with Crippen molar-refractivity contribution in [2.75, 3.05) is 0 Å². The Labute approximate surface area is 89.8 Å². The molecule has 0 bridgehead atoms. The minimum atomic E-state index is 0.592. The predicted molar refractivity (Wildman–Crippen MR) is 60.5 cm³/mol. The number of hydrogen-bond donors (Lipinski definition) is 1. The van der Waals surface area contributed by atoms with Crippen LogP contribution < -0.4 is 5.73 Å². The molecule has 1 nitrogen and oxygen atoms in total. The van der Waals surface area contributed by atoms with E-state index < -0.39 is 0 Å². The van der Waals surface area contributed by atoms with Gasteiger partial charge in [-0.2, -0.15) is 11.3 Å². The zero-order valence-corrected chi connectivity index (χ0v) is 9.18. The maximum absolute atomic E-state index is 5.86. The van der Waals surface area contributed by atoms with Gasteiger partial charge in [-0.05, 0) is 28.5 Å². The number of rotatable bonds is 2. The lowest BCUT2D eigenvalue weighted by molar-refractivity contribution is 1.09. The SMILES string of the molecule is NCc1cscc1-c1ccc(Cl)s1. The predicted octanol–water partition coefficient (Wildman–Crippen LogP) is 3.59. The van der Waals surface area contributed by atoms with Crippen molar-refractivity contribution in [3.63, 3.8) is 0 Å². The van der Waals surface area contributed by atoms with E-state index in [9.17, 15) is 0 Å². The van der Waals surface area contributed by atoms with Gasteiger partial charge in [0.1, 0.15) is 0 Å². The molecular formula is C9H8ClNS2. The Balaban J connectivity index is 2.45. The molecule has 0 aliphatic carbocycles. The van der Waals surface area contributed by atoms with Crippen molar-refractivity contribution < 1.29 is 0 Å². The highest BCUT2D eigenvalue weighted by Crippen LogP contribution is 2.34. The second-order valence-corrected chi connectivity index (χ2v) is 5.08. The van der Waals surface area contributed by atoms with E-state index in [4.69, 9.17) is 17.3 Å². The molecule has 0 spiro atoms. The molecule has 0 aliphatic heterocycles. The molecule has 4 heteroatoms. The maximum atomic E-state index is 5.86. The Morgan fingerprint density at radius 3 is 2.77 bits per heavy atom. The third kappa shape index (κ3) is 1.79. The molecule has 0 aromatic carbocycles. The standard InChI is InChI=1S/C9H8ClNS2/c10-9-2-1-8(13-9)7-5-12-4-6(7)3-11/h1-2,4-5H,3,11H2. The molecular weight excluding hydrogens is 222 g/mol. The second kappa shape index (κ2) is 3.80. The van der Waals surface area contributed by atoms with Crippen molar-refractivity contribution in [2.45, 2.75) is 6.54 Å². The first kappa shape index (κ1) is 9.21. The molecule has 2 aromatic heterocycles. The van der Waals surface area contributed by atoms with Crippen LogP contribution in [0.1, 0.15) is 5.56 Å². The van der Waals surface area contributed by atoms with Crippen LogP contribution in [0, 0.1) is 0 Å². The van der Waals surface area contributed by atoms with Crippen LogP contribution in [0.4, 0.5) is 0 Å². The number of hydrogen-bond acceptors (Lipinski definition) is 3. The molecule has 0 unspecified atom stereocenters. The summed E-state index contributed by atoms with van der Waals surface area (Å²) in [6, 6.07) is 3.95. The Morgan fingerprint density at radius 2 is 2.15 bits per heavy atom. The summed E-state index contributed by atoms with van der Waals surface area (Å²) in [5, 5.41) is 4.20.